The summed E-state index contributed by atoms with van der Waals surface area (Å²) in [5.74, 6) is 0.730. The maximum absolute atomic E-state index is 11.9. The number of rotatable bonds is 6. The van der Waals surface area contributed by atoms with Crippen molar-refractivity contribution in [1.82, 2.24) is 20.9 Å². The zero-order valence-corrected chi connectivity index (χ0v) is 16.6. The number of guanidine groups is 1. The third-order valence-electron chi connectivity index (χ3n) is 3.88. The SMILES string of the molecule is CCNC(=NCCNC(=O)c1cccnc1)NC1CCCCC1.I. The predicted molar refractivity (Wildman–Crippen MR) is 108 cm³/mol. The lowest BCUT2D eigenvalue weighted by Gasteiger charge is -2.24. The van der Waals surface area contributed by atoms with Crippen LogP contribution < -0.4 is 16.0 Å². The Bertz CT molecular complexity index is 503. The van der Waals surface area contributed by atoms with E-state index >= 15 is 0 Å². The molecule has 0 saturated heterocycles. The summed E-state index contributed by atoms with van der Waals surface area (Å²) in [5, 5.41) is 9.62. The van der Waals surface area contributed by atoms with Gasteiger partial charge in [0.2, 0.25) is 0 Å². The van der Waals surface area contributed by atoms with Gasteiger partial charge in [0.15, 0.2) is 5.96 Å². The van der Waals surface area contributed by atoms with Crippen LogP contribution in [0, 0.1) is 0 Å². The highest BCUT2D eigenvalue weighted by atomic mass is 127. The molecular weight excluding hydrogens is 417 g/mol. The Balaban J connectivity index is 0.00000288. The minimum atomic E-state index is -0.112. The summed E-state index contributed by atoms with van der Waals surface area (Å²) in [5.41, 5.74) is 0.573. The molecule has 0 radical (unpaired) electrons. The average molecular weight is 445 g/mol. The van der Waals surface area contributed by atoms with Crippen molar-refractivity contribution >= 4 is 35.8 Å². The maximum atomic E-state index is 11.9. The Morgan fingerprint density at radius 3 is 2.75 bits per heavy atom. The number of carbonyl (C=O) groups is 1. The fourth-order valence-electron chi connectivity index (χ4n) is 2.70. The zero-order valence-electron chi connectivity index (χ0n) is 14.3. The minimum Gasteiger partial charge on any atom is -0.357 e. The van der Waals surface area contributed by atoms with Crippen LogP contribution >= 0.6 is 24.0 Å². The lowest BCUT2D eigenvalue weighted by molar-refractivity contribution is 0.0954. The fourth-order valence-corrected chi connectivity index (χ4v) is 2.70. The number of hydrogen-bond donors (Lipinski definition) is 3. The molecule has 24 heavy (non-hydrogen) atoms. The number of hydrogen-bond acceptors (Lipinski definition) is 3. The van der Waals surface area contributed by atoms with Gasteiger partial charge >= 0.3 is 0 Å². The van der Waals surface area contributed by atoms with E-state index in [0.29, 0.717) is 24.7 Å². The van der Waals surface area contributed by atoms with E-state index < -0.39 is 0 Å². The molecule has 2 rings (SSSR count). The molecule has 0 aliphatic heterocycles. The van der Waals surface area contributed by atoms with Crippen molar-refractivity contribution in [2.24, 2.45) is 4.99 Å². The summed E-state index contributed by atoms with van der Waals surface area (Å²) in [7, 11) is 0. The molecule has 0 aromatic carbocycles. The number of carbonyl (C=O) groups excluding carboxylic acids is 1. The van der Waals surface area contributed by atoms with E-state index in [9.17, 15) is 4.79 Å². The Kier molecular flexibility index (Phi) is 10.4. The second kappa shape index (κ2) is 12.0. The van der Waals surface area contributed by atoms with Crippen molar-refractivity contribution < 1.29 is 4.79 Å². The van der Waals surface area contributed by atoms with Crippen LogP contribution in [-0.4, -0.2) is 42.5 Å². The van der Waals surface area contributed by atoms with Crippen molar-refractivity contribution in [2.45, 2.75) is 45.1 Å². The first-order valence-corrected chi connectivity index (χ1v) is 8.52. The highest BCUT2D eigenvalue weighted by Crippen LogP contribution is 2.17. The van der Waals surface area contributed by atoms with Crippen LogP contribution in [0.25, 0.3) is 0 Å². The maximum Gasteiger partial charge on any atom is 0.252 e. The molecule has 1 saturated carbocycles. The number of aliphatic imine (C=N–C) groups is 1. The summed E-state index contributed by atoms with van der Waals surface area (Å²) < 4.78 is 0. The summed E-state index contributed by atoms with van der Waals surface area (Å²) in [6.45, 7) is 3.95. The van der Waals surface area contributed by atoms with Gasteiger partial charge in [0.25, 0.3) is 5.91 Å². The van der Waals surface area contributed by atoms with Crippen LogP contribution in [0.3, 0.4) is 0 Å². The highest BCUT2D eigenvalue weighted by Gasteiger charge is 2.14. The number of nitrogens with one attached hydrogen (secondary N) is 3. The van der Waals surface area contributed by atoms with E-state index in [1.165, 1.54) is 32.1 Å². The van der Waals surface area contributed by atoms with Crippen LogP contribution in [-0.2, 0) is 0 Å². The Morgan fingerprint density at radius 2 is 2.08 bits per heavy atom. The van der Waals surface area contributed by atoms with Crippen LogP contribution in [0.5, 0.6) is 0 Å². The van der Waals surface area contributed by atoms with E-state index in [0.717, 1.165) is 12.5 Å². The van der Waals surface area contributed by atoms with E-state index in [-0.39, 0.29) is 29.9 Å². The minimum absolute atomic E-state index is 0. The second-order valence-corrected chi connectivity index (χ2v) is 5.74. The molecule has 1 aliphatic carbocycles. The summed E-state index contributed by atoms with van der Waals surface area (Å²) in [6, 6.07) is 4.02. The molecule has 1 aromatic rings. The first-order chi connectivity index (χ1) is 11.3. The number of halogens is 1. The van der Waals surface area contributed by atoms with E-state index in [4.69, 9.17) is 0 Å². The molecule has 7 heteroatoms. The van der Waals surface area contributed by atoms with Gasteiger partial charge in [-0.15, -0.1) is 24.0 Å². The second-order valence-electron chi connectivity index (χ2n) is 5.74. The zero-order chi connectivity index (χ0) is 16.3. The number of amides is 1. The molecule has 1 heterocycles. The first kappa shape index (κ1) is 20.7. The molecule has 1 aromatic heterocycles. The molecule has 1 aliphatic rings. The normalized spacial score (nSPS) is 15.3. The smallest absolute Gasteiger partial charge is 0.252 e. The molecule has 0 unspecified atom stereocenters. The summed E-state index contributed by atoms with van der Waals surface area (Å²) >= 11 is 0. The molecule has 1 fully saturated rings. The van der Waals surface area contributed by atoms with Gasteiger partial charge < -0.3 is 16.0 Å². The molecule has 134 valence electrons. The lowest BCUT2D eigenvalue weighted by Crippen LogP contribution is -2.44. The summed E-state index contributed by atoms with van der Waals surface area (Å²) in [4.78, 5) is 20.4. The van der Waals surface area contributed by atoms with Crippen LogP contribution in [0.15, 0.2) is 29.5 Å². The fraction of sp³-hybridized carbons (Fsp3) is 0.588. The molecule has 0 bridgehead atoms. The van der Waals surface area contributed by atoms with Gasteiger partial charge in [-0.05, 0) is 31.9 Å². The van der Waals surface area contributed by atoms with Gasteiger partial charge in [-0.1, -0.05) is 19.3 Å². The Hall–Kier alpha value is -1.38. The number of aromatic nitrogens is 1. The highest BCUT2D eigenvalue weighted by molar-refractivity contribution is 14.0. The molecule has 0 atom stereocenters. The molecule has 1 amide bonds. The van der Waals surface area contributed by atoms with Crippen LogP contribution in [0.4, 0.5) is 0 Å². The molecule has 6 nitrogen and oxygen atoms in total. The topological polar surface area (TPSA) is 78.4 Å². The Labute approximate surface area is 161 Å². The van der Waals surface area contributed by atoms with Gasteiger partial charge in [-0.3, -0.25) is 14.8 Å². The largest absolute Gasteiger partial charge is 0.357 e. The average Bonchev–Trinajstić information content (AvgIpc) is 2.60. The standard InChI is InChI=1S/C17H27N5O.HI/c1-2-19-17(22-15-8-4-3-5-9-15)21-12-11-20-16(23)14-7-6-10-18-13-14;/h6-7,10,13,15H,2-5,8-9,11-12H2,1H3,(H,20,23)(H2,19,21,22);1H. The van der Waals surface area contributed by atoms with Crippen molar-refractivity contribution in [2.75, 3.05) is 19.6 Å². The Morgan fingerprint density at radius 1 is 1.29 bits per heavy atom. The van der Waals surface area contributed by atoms with Crippen molar-refractivity contribution in [3.05, 3.63) is 30.1 Å². The number of pyridine rings is 1. The van der Waals surface area contributed by atoms with Crippen molar-refractivity contribution in [3.8, 4) is 0 Å². The van der Waals surface area contributed by atoms with E-state index in [2.05, 4.69) is 32.9 Å². The van der Waals surface area contributed by atoms with Crippen LogP contribution in [0.2, 0.25) is 0 Å². The van der Waals surface area contributed by atoms with E-state index in [1.807, 2.05) is 0 Å². The van der Waals surface area contributed by atoms with Gasteiger partial charge in [-0.2, -0.15) is 0 Å². The number of nitrogens with zero attached hydrogens (tertiary/aromatic N) is 2. The monoisotopic (exact) mass is 445 g/mol. The third kappa shape index (κ3) is 7.46. The van der Waals surface area contributed by atoms with Gasteiger partial charge in [0.1, 0.15) is 0 Å². The summed E-state index contributed by atoms with van der Waals surface area (Å²) in [6.07, 6.45) is 9.56. The lowest BCUT2D eigenvalue weighted by atomic mass is 9.96. The van der Waals surface area contributed by atoms with Crippen molar-refractivity contribution in [1.29, 1.82) is 0 Å². The van der Waals surface area contributed by atoms with Gasteiger partial charge in [0, 0.05) is 31.5 Å². The predicted octanol–water partition coefficient (Wildman–Crippen LogP) is 2.32. The molecular formula is C17H28IN5O. The van der Waals surface area contributed by atoms with E-state index in [1.54, 1.807) is 24.5 Å². The van der Waals surface area contributed by atoms with Crippen molar-refractivity contribution in [3.63, 3.8) is 0 Å². The van der Waals surface area contributed by atoms with Crippen LogP contribution in [0.1, 0.15) is 49.4 Å². The molecule has 3 N–H and O–H groups in total. The van der Waals surface area contributed by atoms with Gasteiger partial charge in [-0.25, -0.2) is 0 Å². The van der Waals surface area contributed by atoms with Gasteiger partial charge in [0.05, 0.1) is 12.1 Å². The quantitative estimate of drug-likeness (QED) is 0.272. The molecule has 0 spiro atoms. The first-order valence-electron chi connectivity index (χ1n) is 8.52. The third-order valence-corrected chi connectivity index (χ3v) is 3.88.